The van der Waals surface area contributed by atoms with Crippen molar-refractivity contribution in [2.45, 2.75) is 25.5 Å². The van der Waals surface area contributed by atoms with Crippen LogP contribution in [0.2, 0.25) is 0 Å². The van der Waals surface area contributed by atoms with E-state index in [2.05, 4.69) is 0 Å². The Labute approximate surface area is 90.0 Å². The largest absolute Gasteiger partial charge is 0.695 e. The first kappa shape index (κ1) is 12.3. The fourth-order valence-corrected chi connectivity index (χ4v) is 1.84. The zero-order valence-corrected chi connectivity index (χ0v) is 9.65. The van der Waals surface area contributed by atoms with E-state index < -0.39 is 19.9 Å². The molecule has 0 fully saturated rings. The van der Waals surface area contributed by atoms with Gasteiger partial charge in [0.15, 0.2) is 0 Å². The second kappa shape index (κ2) is 4.81. The van der Waals surface area contributed by atoms with Crippen molar-refractivity contribution in [3.05, 3.63) is 35.9 Å². The summed E-state index contributed by atoms with van der Waals surface area (Å²) in [5.41, 5.74) is 5.96. The Morgan fingerprint density at radius 2 is 1.93 bits per heavy atom. The summed E-state index contributed by atoms with van der Waals surface area (Å²) in [6.45, 7) is 3.38. The molecule has 0 aliphatic heterocycles. The Morgan fingerprint density at radius 1 is 1.40 bits per heavy atom. The minimum atomic E-state index is -2.64. The topological polar surface area (TPSA) is 72.5 Å². The molecule has 0 aliphatic rings. The second-order valence-corrected chi connectivity index (χ2v) is 4.48. The van der Waals surface area contributed by atoms with Crippen molar-refractivity contribution in [1.82, 2.24) is 0 Å². The van der Waals surface area contributed by atoms with Crippen molar-refractivity contribution >= 4 is 8.25 Å². The molecule has 82 valence electrons. The van der Waals surface area contributed by atoms with Crippen molar-refractivity contribution in [2.24, 2.45) is 5.73 Å². The van der Waals surface area contributed by atoms with Crippen LogP contribution in [-0.4, -0.2) is 10.5 Å². The summed E-state index contributed by atoms with van der Waals surface area (Å²) < 4.78 is 15.5. The summed E-state index contributed by atoms with van der Waals surface area (Å²) in [5, 5.41) is 0. The lowest BCUT2D eigenvalue weighted by Gasteiger charge is -2.25. The highest BCUT2D eigenvalue weighted by molar-refractivity contribution is 7.32. The Balaban J connectivity index is 2.84. The van der Waals surface area contributed by atoms with Crippen LogP contribution in [0.3, 0.4) is 0 Å². The number of nitrogens with two attached hydrogens (primary N) is 1. The first-order chi connectivity index (χ1) is 6.93. The molecular weight excluding hydrogens is 213 g/mol. The van der Waals surface area contributed by atoms with E-state index in [-0.39, 0.29) is 0 Å². The van der Waals surface area contributed by atoms with E-state index in [0.29, 0.717) is 0 Å². The van der Waals surface area contributed by atoms with Gasteiger partial charge in [-0.2, -0.15) is 0 Å². The molecule has 0 heterocycles. The monoisotopic (exact) mass is 228 g/mol. The van der Waals surface area contributed by atoms with Crippen LogP contribution in [0, 0.1) is 0 Å². The number of hydrogen-bond acceptors (Lipinski definition) is 3. The molecule has 4 nitrogen and oxygen atoms in total. The first-order valence-electron chi connectivity index (χ1n) is 4.59. The summed E-state index contributed by atoms with van der Waals surface area (Å²) in [5.74, 6) is 0. The van der Waals surface area contributed by atoms with Crippen molar-refractivity contribution in [3.8, 4) is 0 Å². The van der Waals surface area contributed by atoms with Crippen LogP contribution in [0.1, 0.15) is 25.5 Å². The van der Waals surface area contributed by atoms with Crippen LogP contribution >= 0.6 is 8.25 Å². The third-order valence-electron chi connectivity index (χ3n) is 2.22. The molecule has 0 amide bonds. The fourth-order valence-electron chi connectivity index (χ4n) is 1.32. The van der Waals surface area contributed by atoms with E-state index in [4.69, 9.17) is 15.2 Å². The van der Waals surface area contributed by atoms with Crippen molar-refractivity contribution in [2.75, 3.05) is 0 Å². The Hall–Kier alpha value is -0.800. The van der Waals surface area contributed by atoms with E-state index in [1.54, 1.807) is 13.8 Å². The molecule has 2 unspecified atom stereocenters. The smallest absolute Gasteiger partial charge is 0.321 e. The minimum absolute atomic E-state index is 0.440. The van der Waals surface area contributed by atoms with E-state index in [1.165, 1.54) is 0 Å². The molecule has 1 rings (SSSR count). The molecule has 2 atom stereocenters. The maximum Gasteiger partial charge on any atom is 0.695 e. The van der Waals surface area contributed by atoms with Gasteiger partial charge in [0.25, 0.3) is 0 Å². The van der Waals surface area contributed by atoms with Gasteiger partial charge in [0.2, 0.25) is 0 Å². The lowest BCUT2D eigenvalue weighted by molar-refractivity contribution is 0.0752. The zero-order valence-electron chi connectivity index (χ0n) is 8.75. The number of rotatable bonds is 4. The standard InChI is InChI=1S/C10H14NO3P/c1-10(2,14-15(12)13)9(11)8-6-4-3-5-7-8/h3-7,9H,11H2,1-2H3/p+1. The molecule has 15 heavy (non-hydrogen) atoms. The predicted octanol–water partition coefficient (Wildman–Crippen LogP) is 2.13. The van der Waals surface area contributed by atoms with Gasteiger partial charge in [0, 0.05) is 4.57 Å². The van der Waals surface area contributed by atoms with Crippen molar-refractivity contribution in [3.63, 3.8) is 0 Å². The van der Waals surface area contributed by atoms with E-state index >= 15 is 0 Å². The molecule has 0 aliphatic carbocycles. The molecule has 0 radical (unpaired) electrons. The van der Waals surface area contributed by atoms with Gasteiger partial charge in [-0.3, -0.25) is 0 Å². The predicted molar refractivity (Wildman–Crippen MR) is 58.4 cm³/mol. The van der Waals surface area contributed by atoms with Crippen LogP contribution in [0.5, 0.6) is 0 Å². The number of hydrogen-bond donors (Lipinski definition) is 2. The molecule has 0 spiro atoms. The molecule has 1 aromatic carbocycles. The highest BCUT2D eigenvalue weighted by Gasteiger charge is 2.37. The van der Waals surface area contributed by atoms with Crippen LogP contribution < -0.4 is 5.73 Å². The maximum absolute atomic E-state index is 10.6. The third kappa shape index (κ3) is 3.36. The maximum atomic E-state index is 10.6. The third-order valence-corrected chi connectivity index (χ3v) is 2.85. The van der Waals surface area contributed by atoms with E-state index in [9.17, 15) is 4.57 Å². The Kier molecular flexibility index (Phi) is 3.94. The number of benzene rings is 1. The van der Waals surface area contributed by atoms with Crippen LogP contribution in [0.4, 0.5) is 0 Å². The van der Waals surface area contributed by atoms with Gasteiger partial charge in [-0.05, 0) is 19.4 Å². The highest BCUT2D eigenvalue weighted by Crippen LogP contribution is 2.34. The summed E-state index contributed by atoms with van der Waals surface area (Å²) in [6, 6.07) is 8.90. The van der Waals surface area contributed by atoms with Crippen LogP contribution in [0.15, 0.2) is 30.3 Å². The quantitative estimate of drug-likeness (QED) is 0.774. The van der Waals surface area contributed by atoms with Gasteiger partial charge in [0.05, 0.1) is 6.04 Å². The average Bonchev–Trinajstić information content (AvgIpc) is 2.16. The SMILES string of the molecule is CC(C)(O[P+](=O)O)C(N)c1ccccc1. The average molecular weight is 228 g/mol. The first-order valence-corrected chi connectivity index (χ1v) is 5.72. The highest BCUT2D eigenvalue weighted by atomic mass is 31.1. The summed E-state index contributed by atoms with van der Waals surface area (Å²) in [6.07, 6.45) is 0. The van der Waals surface area contributed by atoms with E-state index in [1.807, 2.05) is 30.3 Å². The molecule has 0 saturated carbocycles. The summed E-state index contributed by atoms with van der Waals surface area (Å²) in [4.78, 5) is 8.72. The van der Waals surface area contributed by atoms with Crippen LogP contribution in [0.25, 0.3) is 0 Å². The molecule has 0 bridgehead atoms. The molecule has 5 heteroatoms. The van der Waals surface area contributed by atoms with Crippen molar-refractivity contribution < 1.29 is 14.0 Å². The lowest BCUT2D eigenvalue weighted by Crippen LogP contribution is -2.36. The summed E-state index contributed by atoms with van der Waals surface area (Å²) in [7, 11) is -2.64. The van der Waals surface area contributed by atoms with Gasteiger partial charge >= 0.3 is 8.25 Å². The molecular formula is C10H15NO3P+. The molecule has 1 aromatic rings. The van der Waals surface area contributed by atoms with Crippen molar-refractivity contribution in [1.29, 1.82) is 0 Å². The zero-order chi connectivity index (χ0) is 11.5. The molecule has 0 saturated heterocycles. The van der Waals surface area contributed by atoms with Gasteiger partial charge < -0.3 is 5.73 Å². The fraction of sp³-hybridized carbons (Fsp3) is 0.400. The molecule has 0 aromatic heterocycles. The minimum Gasteiger partial charge on any atom is -0.321 e. The normalized spacial score (nSPS) is 14.8. The van der Waals surface area contributed by atoms with Gasteiger partial charge in [-0.1, -0.05) is 30.3 Å². The molecule has 3 N–H and O–H groups in total. The van der Waals surface area contributed by atoms with E-state index in [0.717, 1.165) is 5.56 Å². The second-order valence-electron chi connectivity index (χ2n) is 3.82. The van der Waals surface area contributed by atoms with Gasteiger partial charge in [-0.25, -0.2) is 0 Å². The van der Waals surface area contributed by atoms with Gasteiger partial charge in [-0.15, -0.1) is 9.42 Å². The van der Waals surface area contributed by atoms with Gasteiger partial charge in [0.1, 0.15) is 5.60 Å². The lowest BCUT2D eigenvalue weighted by atomic mass is 9.93. The Bertz CT molecular complexity index is 340. The summed E-state index contributed by atoms with van der Waals surface area (Å²) >= 11 is 0. The Morgan fingerprint density at radius 3 is 2.40 bits per heavy atom. The van der Waals surface area contributed by atoms with Crippen LogP contribution in [-0.2, 0) is 9.09 Å².